The minimum Gasteiger partial charge on any atom is -0.376 e. The molecular weight excluding hydrogens is 278 g/mol. The molecular formula is C17H25N3O2. The van der Waals surface area contributed by atoms with Crippen LogP contribution in [0.5, 0.6) is 0 Å². The summed E-state index contributed by atoms with van der Waals surface area (Å²) in [6.45, 7) is 5.51. The molecule has 2 rings (SSSR count). The number of carbonyl (C=O) groups excluding carboxylic acids is 2. The van der Waals surface area contributed by atoms with Crippen molar-refractivity contribution in [3.8, 4) is 0 Å². The van der Waals surface area contributed by atoms with Gasteiger partial charge >= 0.3 is 0 Å². The zero-order valence-corrected chi connectivity index (χ0v) is 13.3. The van der Waals surface area contributed by atoms with E-state index >= 15 is 0 Å². The normalized spacial score (nSPS) is 15.7. The number of para-hydroxylation sites is 1. The Bertz CT molecular complexity index is 494. The molecule has 1 heterocycles. The van der Waals surface area contributed by atoms with Gasteiger partial charge in [-0.1, -0.05) is 32.0 Å². The number of nitrogens with zero attached hydrogens (tertiary/aromatic N) is 1. The summed E-state index contributed by atoms with van der Waals surface area (Å²) in [7, 11) is 0. The van der Waals surface area contributed by atoms with Crippen LogP contribution in [-0.2, 0) is 9.59 Å². The van der Waals surface area contributed by atoms with Gasteiger partial charge in [-0.05, 0) is 25.0 Å². The Morgan fingerprint density at radius 3 is 2.41 bits per heavy atom. The summed E-state index contributed by atoms with van der Waals surface area (Å²) in [6.07, 6.45) is 1.66. The first-order chi connectivity index (χ1) is 10.6. The van der Waals surface area contributed by atoms with E-state index in [1.165, 1.54) is 0 Å². The molecule has 1 aromatic rings. The molecule has 0 saturated carbocycles. The minimum absolute atomic E-state index is 0.00901. The molecule has 1 fully saturated rings. The zero-order chi connectivity index (χ0) is 15.9. The average molecular weight is 303 g/mol. The minimum atomic E-state index is 0.00901. The van der Waals surface area contributed by atoms with Gasteiger partial charge in [0.25, 0.3) is 0 Å². The highest BCUT2D eigenvalue weighted by Crippen LogP contribution is 2.12. The lowest BCUT2D eigenvalue weighted by Gasteiger charge is -2.33. The van der Waals surface area contributed by atoms with Crippen molar-refractivity contribution in [1.29, 1.82) is 0 Å². The summed E-state index contributed by atoms with van der Waals surface area (Å²) in [5.41, 5.74) is 0.954. The summed E-state index contributed by atoms with van der Waals surface area (Å²) in [6, 6.07) is 9.91. The second-order valence-electron chi connectivity index (χ2n) is 6.04. The summed E-state index contributed by atoms with van der Waals surface area (Å²) in [4.78, 5) is 25.7. The fourth-order valence-electron chi connectivity index (χ4n) is 2.49. The molecule has 1 aromatic carbocycles. The maximum absolute atomic E-state index is 12.2. The standard InChI is InChI=1S/C17H25N3O2/c1-13(2)17(22)19-15-8-10-20(11-9-15)16(21)12-18-14-6-4-3-5-7-14/h3-7,13,15,18H,8-12H2,1-2H3,(H,19,22). The summed E-state index contributed by atoms with van der Waals surface area (Å²) in [5.74, 6) is 0.211. The molecule has 1 aliphatic heterocycles. The highest BCUT2D eigenvalue weighted by Gasteiger charge is 2.24. The fraction of sp³-hybridized carbons (Fsp3) is 0.529. The third kappa shape index (κ3) is 4.76. The van der Waals surface area contributed by atoms with E-state index in [4.69, 9.17) is 0 Å². The van der Waals surface area contributed by atoms with Crippen LogP contribution in [0, 0.1) is 5.92 Å². The van der Waals surface area contributed by atoms with Gasteiger partial charge < -0.3 is 15.5 Å². The Balaban J connectivity index is 1.72. The second kappa shape index (κ2) is 7.82. The van der Waals surface area contributed by atoms with Gasteiger partial charge in [0.2, 0.25) is 11.8 Å². The van der Waals surface area contributed by atoms with Crippen LogP contribution in [0.25, 0.3) is 0 Å². The van der Waals surface area contributed by atoms with Gasteiger partial charge in [-0.15, -0.1) is 0 Å². The topological polar surface area (TPSA) is 61.4 Å². The molecule has 0 spiro atoms. The number of benzene rings is 1. The predicted octanol–water partition coefficient (Wildman–Crippen LogP) is 1.86. The molecule has 0 aliphatic carbocycles. The van der Waals surface area contributed by atoms with Crippen LogP contribution in [-0.4, -0.2) is 42.4 Å². The molecule has 0 atom stereocenters. The highest BCUT2D eigenvalue weighted by molar-refractivity contribution is 5.81. The predicted molar refractivity (Wildman–Crippen MR) is 87.5 cm³/mol. The lowest BCUT2D eigenvalue weighted by atomic mass is 10.0. The number of hydrogen-bond acceptors (Lipinski definition) is 3. The first-order valence-corrected chi connectivity index (χ1v) is 7.93. The van der Waals surface area contributed by atoms with Crippen molar-refractivity contribution in [3.05, 3.63) is 30.3 Å². The Hall–Kier alpha value is -2.04. The number of rotatable bonds is 5. The maximum Gasteiger partial charge on any atom is 0.241 e. The number of piperidine rings is 1. The lowest BCUT2D eigenvalue weighted by molar-refractivity contribution is -0.130. The van der Waals surface area contributed by atoms with E-state index in [2.05, 4.69) is 10.6 Å². The van der Waals surface area contributed by atoms with E-state index < -0.39 is 0 Å². The number of hydrogen-bond donors (Lipinski definition) is 2. The Morgan fingerprint density at radius 2 is 1.82 bits per heavy atom. The van der Waals surface area contributed by atoms with Gasteiger partial charge in [0.15, 0.2) is 0 Å². The molecule has 2 N–H and O–H groups in total. The SMILES string of the molecule is CC(C)C(=O)NC1CCN(C(=O)CNc2ccccc2)CC1. The quantitative estimate of drug-likeness (QED) is 0.873. The lowest BCUT2D eigenvalue weighted by Crippen LogP contribution is -2.48. The molecule has 1 saturated heterocycles. The number of anilines is 1. The smallest absolute Gasteiger partial charge is 0.241 e. The van der Waals surface area contributed by atoms with Crippen molar-refractivity contribution >= 4 is 17.5 Å². The molecule has 5 heteroatoms. The number of likely N-dealkylation sites (tertiary alicyclic amines) is 1. The van der Waals surface area contributed by atoms with Gasteiger partial charge in [-0.2, -0.15) is 0 Å². The molecule has 0 radical (unpaired) electrons. The fourth-order valence-corrected chi connectivity index (χ4v) is 2.49. The van der Waals surface area contributed by atoms with Crippen molar-refractivity contribution in [3.63, 3.8) is 0 Å². The third-order valence-corrected chi connectivity index (χ3v) is 3.94. The summed E-state index contributed by atoms with van der Waals surface area (Å²) < 4.78 is 0. The van der Waals surface area contributed by atoms with Crippen LogP contribution in [0.3, 0.4) is 0 Å². The van der Waals surface area contributed by atoms with Crippen molar-refractivity contribution in [2.75, 3.05) is 25.0 Å². The van der Waals surface area contributed by atoms with Gasteiger partial charge in [0.1, 0.15) is 0 Å². The van der Waals surface area contributed by atoms with E-state index in [1.807, 2.05) is 49.1 Å². The van der Waals surface area contributed by atoms with Crippen LogP contribution in [0.2, 0.25) is 0 Å². The van der Waals surface area contributed by atoms with E-state index in [9.17, 15) is 9.59 Å². The average Bonchev–Trinajstić information content (AvgIpc) is 2.54. The van der Waals surface area contributed by atoms with E-state index in [0.29, 0.717) is 19.6 Å². The van der Waals surface area contributed by atoms with Crippen molar-refractivity contribution < 1.29 is 9.59 Å². The molecule has 0 unspecified atom stereocenters. The highest BCUT2D eigenvalue weighted by atomic mass is 16.2. The molecule has 22 heavy (non-hydrogen) atoms. The van der Waals surface area contributed by atoms with Crippen LogP contribution >= 0.6 is 0 Å². The molecule has 2 amide bonds. The first-order valence-electron chi connectivity index (χ1n) is 7.93. The Labute approximate surface area is 132 Å². The molecule has 1 aliphatic rings. The van der Waals surface area contributed by atoms with E-state index in [-0.39, 0.29) is 23.8 Å². The van der Waals surface area contributed by atoms with Crippen LogP contribution in [0.15, 0.2) is 30.3 Å². The van der Waals surface area contributed by atoms with Crippen molar-refractivity contribution in [1.82, 2.24) is 10.2 Å². The van der Waals surface area contributed by atoms with Gasteiger partial charge in [-0.3, -0.25) is 9.59 Å². The first kappa shape index (κ1) is 16.3. The second-order valence-corrected chi connectivity index (χ2v) is 6.04. The number of nitrogens with one attached hydrogen (secondary N) is 2. The van der Waals surface area contributed by atoms with Gasteiger partial charge in [0.05, 0.1) is 6.54 Å². The van der Waals surface area contributed by atoms with Crippen LogP contribution < -0.4 is 10.6 Å². The zero-order valence-electron chi connectivity index (χ0n) is 13.3. The maximum atomic E-state index is 12.2. The largest absolute Gasteiger partial charge is 0.376 e. The van der Waals surface area contributed by atoms with Crippen LogP contribution in [0.4, 0.5) is 5.69 Å². The summed E-state index contributed by atoms with van der Waals surface area (Å²) in [5, 5.41) is 6.18. The Morgan fingerprint density at radius 1 is 1.18 bits per heavy atom. The van der Waals surface area contributed by atoms with E-state index in [1.54, 1.807) is 0 Å². The molecule has 5 nitrogen and oxygen atoms in total. The molecule has 0 aromatic heterocycles. The monoisotopic (exact) mass is 303 g/mol. The van der Waals surface area contributed by atoms with Gasteiger partial charge in [0, 0.05) is 30.7 Å². The summed E-state index contributed by atoms with van der Waals surface area (Å²) >= 11 is 0. The molecule has 120 valence electrons. The number of amides is 2. The van der Waals surface area contributed by atoms with Gasteiger partial charge in [-0.25, -0.2) is 0 Å². The van der Waals surface area contributed by atoms with Crippen molar-refractivity contribution in [2.45, 2.75) is 32.7 Å². The van der Waals surface area contributed by atoms with Crippen molar-refractivity contribution in [2.24, 2.45) is 5.92 Å². The number of carbonyl (C=O) groups is 2. The Kier molecular flexibility index (Phi) is 5.81. The molecule has 0 bridgehead atoms. The van der Waals surface area contributed by atoms with E-state index in [0.717, 1.165) is 18.5 Å². The third-order valence-electron chi connectivity index (χ3n) is 3.94. The van der Waals surface area contributed by atoms with Crippen LogP contribution in [0.1, 0.15) is 26.7 Å².